The van der Waals surface area contributed by atoms with Crippen LogP contribution in [-0.4, -0.2) is 44.7 Å². The number of carbonyl (C=O) groups is 1. The van der Waals surface area contributed by atoms with Gasteiger partial charge in [0.1, 0.15) is 13.2 Å². The van der Waals surface area contributed by atoms with Crippen LogP contribution >= 0.6 is 0 Å². The van der Waals surface area contributed by atoms with Gasteiger partial charge in [0.2, 0.25) is 0 Å². The Hall–Kier alpha value is -0.570. The Morgan fingerprint density at radius 1 is 1.40 bits per heavy atom. The average molecular weight is 147 g/mol. The average Bonchev–Trinajstić information content (AvgIpc) is 1.59. The lowest BCUT2D eigenvalue weighted by Crippen LogP contribution is -2.37. The number of ether oxygens (including phenoxy) is 1. The molecule has 0 aliphatic carbocycles. The Kier molecular flexibility index (Phi) is 3.36. The summed E-state index contributed by atoms with van der Waals surface area (Å²) in [5.41, 5.74) is 0. The second-order valence-corrected chi connectivity index (χ2v) is 3.35. The Labute approximate surface area is 62.2 Å². The van der Waals surface area contributed by atoms with Crippen molar-refractivity contribution in [1.82, 2.24) is 0 Å². The van der Waals surface area contributed by atoms with Gasteiger partial charge in [-0.25, -0.2) is 0 Å². The highest BCUT2D eigenvalue weighted by Gasteiger charge is 2.06. The predicted octanol–water partition coefficient (Wildman–Crippen LogP) is 0.256. The van der Waals surface area contributed by atoms with Crippen LogP contribution in [0.25, 0.3) is 0 Å². The van der Waals surface area contributed by atoms with E-state index in [0.717, 1.165) is 11.0 Å². The van der Waals surface area contributed by atoms with Gasteiger partial charge in [-0.15, -0.1) is 0 Å². The fraction of sp³-hybridized carbons (Fsp3) is 0.857. The summed E-state index contributed by atoms with van der Waals surface area (Å²) >= 11 is 0. The lowest BCUT2D eigenvalue weighted by atomic mass is 10.5. The third-order valence-electron chi connectivity index (χ3n) is 1.07. The van der Waals surface area contributed by atoms with Crippen LogP contribution < -0.4 is 0 Å². The molecule has 3 nitrogen and oxygen atoms in total. The van der Waals surface area contributed by atoms with Crippen molar-refractivity contribution >= 4 is 5.97 Å². The van der Waals surface area contributed by atoms with Crippen LogP contribution in [0.15, 0.2) is 0 Å². The van der Waals surface area contributed by atoms with E-state index in [9.17, 15) is 4.79 Å². The first kappa shape index (κ1) is 9.43. The highest BCUT2D eigenvalue weighted by atomic mass is 16.5. The van der Waals surface area contributed by atoms with Crippen molar-refractivity contribution in [3.05, 3.63) is 0 Å². The van der Waals surface area contributed by atoms with Crippen LogP contribution in [-0.2, 0) is 9.53 Å². The molecule has 0 aliphatic rings. The van der Waals surface area contributed by atoms with Crippen molar-refractivity contribution in [3.63, 3.8) is 0 Å². The third-order valence-corrected chi connectivity index (χ3v) is 1.07. The van der Waals surface area contributed by atoms with Gasteiger partial charge in [0.25, 0.3) is 0 Å². The summed E-state index contributed by atoms with van der Waals surface area (Å²) in [6.45, 7) is 2.80. The molecule has 0 bridgehead atoms. The van der Waals surface area contributed by atoms with E-state index in [4.69, 9.17) is 4.74 Å². The van der Waals surface area contributed by atoms with Gasteiger partial charge in [-0.05, 0) is 0 Å². The van der Waals surface area contributed by atoms with Crippen molar-refractivity contribution in [1.29, 1.82) is 0 Å². The van der Waals surface area contributed by atoms with Crippen molar-refractivity contribution < 1.29 is 14.0 Å². The fourth-order valence-electron chi connectivity index (χ4n) is 0.463. The summed E-state index contributed by atoms with van der Waals surface area (Å²) in [5.74, 6) is -0.201. The van der Waals surface area contributed by atoms with Gasteiger partial charge in [0.15, 0.2) is 0 Å². The van der Waals surface area contributed by atoms with Crippen molar-refractivity contribution in [2.75, 3.05) is 34.3 Å². The van der Waals surface area contributed by atoms with Gasteiger partial charge >= 0.3 is 5.97 Å². The van der Waals surface area contributed by atoms with Crippen LogP contribution in [0.5, 0.6) is 0 Å². The molecule has 0 aromatic carbocycles. The Bertz CT molecular complexity index is 115. The first-order valence-electron chi connectivity index (χ1n) is 3.35. The van der Waals surface area contributed by atoms with E-state index in [-0.39, 0.29) is 5.97 Å². The minimum absolute atomic E-state index is 0.201. The first-order chi connectivity index (χ1) is 4.42. The van der Waals surface area contributed by atoms with Crippen molar-refractivity contribution in [3.8, 4) is 0 Å². The molecule has 0 spiro atoms. The molecule has 0 saturated carbocycles. The summed E-state index contributed by atoms with van der Waals surface area (Å²) in [5, 5.41) is 0. The smallest absolute Gasteiger partial charge is 0.302 e. The zero-order valence-electron chi connectivity index (χ0n) is 7.18. The maximum atomic E-state index is 10.3. The monoisotopic (exact) mass is 147 g/mol. The summed E-state index contributed by atoms with van der Waals surface area (Å²) in [7, 11) is 6.18. The number of hydrogen-bond acceptors (Lipinski definition) is 2. The molecule has 0 unspecified atom stereocenters. The minimum Gasteiger partial charge on any atom is -0.460 e. The molecule has 0 aliphatic heterocycles. The number of quaternary nitrogens is 1. The maximum Gasteiger partial charge on any atom is 0.302 e. The zero-order chi connectivity index (χ0) is 8.20. The van der Waals surface area contributed by atoms with Crippen molar-refractivity contribution in [2.24, 2.45) is 0 Å². The molecule has 0 radical (unpaired) electrons. The number of hydrogen-bond donors (Lipinski definition) is 0. The number of likely N-dealkylation sites (N-methyl/N-ethyl adjacent to an activating group) is 1. The molecular formula is C7H16NO2+. The van der Waals surface area contributed by atoms with Gasteiger partial charge in [-0.2, -0.15) is 0 Å². The van der Waals surface area contributed by atoms with Crippen molar-refractivity contribution in [2.45, 2.75) is 6.92 Å². The Balaban J connectivity index is 3.29. The summed E-state index contributed by atoms with van der Waals surface area (Å²) < 4.78 is 5.59. The zero-order valence-corrected chi connectivity index (χ0v) is 7.18. The van der Waals surface area contributed by atoms with Gasteiger partial charge in [-0.3, -0.25) is 4.79 Å². The molecule has 0 amide bonds. The van der Waals surface area contributed by atoms with E-state index >= 15 is 0 Å². The first-order valence-corrected chi connectivity index (χ1v) is 3.35. The van der Waals surface area contributed by atoms with Crippen LogP contribution in [0, 0.1) is 0 Å². The number of esters is 1. The van der Waals surface area contributed by atoms with Crippen LogP contribution in [0.4, 0.5) is 0 Å². The van der Waals surface area contributed by atoms with Gasteiger partial charge in [0, 0.05) is 6.92 Å². The fourth-order valence-corrected chi connectivity index (χ4v) is 0.463. The standard InChI is InChI=1S/C7H16NO2/c1-7(9)10-6-5-8(2,3)4/h5-6H2,1-4H3/q+1/i1+1. The quantitative estimate of drug-likeness (QED) is 0.325. The lowest BCUT2D eigenvalue weighted by molar-refractivity contribution is -0.870. The number of rotatable bonds is 3. The molecule has 0 aromatic heterocycles. The Morgan fingerprint density at radius 3 is 2.20 bits per heavy atom. The molecular weight excluding hydrogens is 131 g/mol. The van der Waals surface area contributed by atoms with E-state index in [2.05, 4.69) is 21.1 Å². The second-order valence-electron chi connectivity index (χ2n) is 3.35. The SMILES string of the molecule is C[N+](C)(C)CCOC([13CH3])=O. The maximum absolute atomic E-state index is 10.3. The Morgan fingerprint density at radius 2 is 1.90 bits per heavy atom. The minimum atomic E-state index is -0.201. The molecule has 0 heterocycles. The summed E-state index contributed by atoms with van der Waals surface area (Å²) in [6.07, 6.45) is 0. The summed E-state index contributed by atoms with van der Waals surface area (Å²) in [4.78, 5) is 10.3. The van der Waals surface area contributed by atoms with Crippen LogP contribution in [0.1, 0.15) is 6.92 Å². The van der Waals surface area contributed by atoms with Gasteiger partial charge < -0.3 is 9.22 Å². The number of carbonyl (C=O) groups excluding carboxylic acids is 1. The second kappa shape index (κ2) is 3.56. The predicted molar refractivity (Wildman–Crippen MR) is 39.5 cm³/mol. The van der Waals surface area contributed by atoms with E-state index in [1.165, 1.54) is 6.92 Å². The molecule has 0 rings (SSSR count). The van der Waals surface area contributed by atoms with Crippen LogP contribution in [0.2, 0.25) is 0 Å². The highest BCUT2D eigenvalue weighted by Crippen LogP contribution is 1.88. The highest BCUT2D eigenvalue weighted by molar-refractivity contribution is 5.65. The molecule has 0 fully saturated rings. The van der Waals surface area contributed by atoms with Gasteiger partial charge in [0.05, 0.1) is 21.1 Å². The number of nitrogens with zero attached hydrogens (tertiary/aromatic N) is 1. The van der Waals surface area contributed by atoms with Crippen LogP contribution in [0.3, 0.4) is 0 Å². The normalized spacial score (nSPS) is 11.2. The van der Waals surface area contributed by atoms with E-state index < -0.39 is 0 Å². The largest absolute Gasteiger partial charge is 0.460 e. The molecule has 3 heteroatoms. The summed E-state index contributed by atoms with van der Waals surface area (Å²) in [6, 6.07) is 0. The third kappa shape index (κ3) is 7.43. The molecule has 60 valence electrons. The molecule has 0 saturated heterocycles. The topological polar surface area (TPSA) is 26.3 Å². The van der Waals surface area contributed by atoms with E-state index in [1.807, 2.05) is 0 Å². The molecule has 10 heavy (non-hydrogen) atoms. The van der Waals surface area contributed by atoms with E-state index in [0.29, 0.717) is 6.61 Å². The molecule has 0 atom stereocenters. The lowest BCUT2D eigenvalue weighted by Gasteiger charge is -2.23. The van der Waals surface area contributed by atoms with E-state index in [1.54, 1.807) is 0 Å². The molecule has 0 N–H and O–H groups in total. The van der Waals surface area contributed by atoms with Gasteiger partial charge in [-0.1, -0.05) is 0 Å². The molecule has 0 aromatic rings.